The van der Waals surface area contributed by atoms with Gasteiger partial charge in [0, 0.05) is 6.04 Å². The molecule has 1 fully saturated rings. The van der Waals surface area contributed by atoms with Crippen molar-refractivity contribution in [2.75, 3.05) is 13.1 Å². The van der Waals surface area contributed by atoms with E-state index < -0.39 is 0 Å². The fourth-order valence-corrected chi connectivity index (χ4v) is 2.18. The molecule has 1 aliphatic rings. The van der Waals surface area contributed by atoms with Crippen molar-refractivity contribution >= 4 is 0 Å². The third-order valence-corrected chi connectivity index (χ3v) is 3.07. The Bertz CT molecular complexity index is 316. The third-order valence-electron chi connectivity index (χ3n) is 3.07. The fourth-order valence-electron chi connectivity index (χ4n) is 2.18. The van der Waals surface area contributed by atoms with Gasteiger partial charge in [-0.3, -0.25) is 0 Å². The maximum Gasteiger partial charge on any atom is 0.211 e. The van der Waals surface area contributed by atoms with Gasteiger partial charge >= 0.3 is 0 Å². The number of hydrogen-bond donors (Lipinski definition) is 2. The van der Waals surface area contributed by atoms with Gasteiger partial charge in [-0.05, 0) is 46.2 Å². The van der Waals surface area contributed by atoms with Gasteiger partial charge in [0.2, 0.25) is 5.89 Å². The zero-order valence-electron chi connectivity index (χ0n) is 10.1. The van der Waals surface area contributed by atoms with E-state index in [-0.39, 0.29) is 6.04 Å². The SMILES string of the molecule is Cc1cnc(C(C)NC2CCCNCC2)o1. The highest BCUT2D eigenvalue weighted by molar-refractivity contribution is 4.95. The van der Waals surface area contributed by atoms with Gasteiger partial charge in [0.05, 0.1) is 12.2 Å². The van der Waals surface area contributed by atoms with Gasteiger partial charge in [-0.25, -0.2) is 4.98 Å². The second-order valence-electron chi connectivity index (χ2n) is 4.58. The minimum Gasteiger partial charge on any atom is -0.444 e. The van der Waals surface area contributed by atoms with E-state index in [2.05, 4.69) is 22.5 Å². The number of rotatable bonds is 3. The first-order valence-corrected chi connectivity index (χ1v) is 6.15. The van der Waals surface area contributed by atoms with Crippen molar-refractivity contribution in [2.45, 2.75) is 45.2 Å². The van der Waals surface area contributed by atoms with Crippen LogP contribution < -0.4 is 10.6 Å². The Labute approximate surface area is 96.8 Å². The molecule has 16 heavy (non-hydrogen) atoms. The lowest BCUT2D eigenvalue weighted by Gasteiger charge is -2.19. The van der Waals surface area contributed by atoms with Crippen LogP contribution in [0, 0.1) is 6.92 Å². The van der Waals surface area contributed by atoms with Crippen LogP contribution in [-0.2, 0) is 0 Å². The topological polar surface area (TPSA) is 50.1 Å². The second-order valence-corrected chi connectivity index (χ2v) is 4.58. The highest BCUT2D eigenvalue weighted by atomic mass is 16.4. The number of aryl methyl sites for hydroxylation is 1. The predicted molar refractivity (Wildman–Crippen MR) is 63.3 cm³/mol. The summed E-state index contributed by atoms with van der Waals surface area (Å²) in [4.78, 5) is 4.26. The average Bonchev–Trinajstić information content (AvgIpc) is 2.54. The van der Waals surface area contributed by atoms with E-state index in [1.807, 2.05) is 6.92 Å². The number of nitrogens with one attached hydrogen (secondary N) is 2. The van der Waals surface area contributed by atoms with Crippen LogP contribution in [0.25, 0.3) is 0 Å². The zero-order valence-corrected chi connectivity index (χ0v) is 10.1. The summed E-state index contributed by atoms with van der Waals surface area (Å²) in [7, 11) is 0. The molecule has 2 unspecified atom stereocenters. The summed E-state index contributed by atoms with van der Waals surface area (Å²) in [5, 5.41) is 7.01. The van der Waals surface area contributed by atoms with Crippen molar-refractivity contribution in [3.63, 3.8) is 0 Å². The van der Waals surface area contributed by atoms with E-state index in [0.29, 0.717) is 6.04 Å². The first-order valence-electron chi connectivity index (χ1n) is 6.15. The van der Waals surface area contributed by atoms with Gasteiger partial charge in [0.25, 0.3) is 0 Å². The Hall–Kier alpha value is -0.870. The highest BCUT2D eigenvalue weighted by Crippen LogP contribution is 2.15. The molecule has 4 nitrogen and oxygen atoms in total. The van der Waals surface area contributed by atoms with E-state index in [1.54, 1.807) is 6.20 Å². The molecular formula is C12H21N3O. The summed E-state index contributed by atoms with van der Waals surface area (Å²) in [5.74, 6) is 1.68. The molecule has 0 bridgehead atoms. The highest BCUT2D eigenvalue weighted by Gasteiger charge is 2.17. The summed E-state index contributed by atoms with van der Waals surface area (Å²) in [6, 6.07) is 0.786. The van der Waals surface area contributed by atoms with Crippen LogP contribution >= 0.6 is 0 Å². The third kappa shape index (κ3) is 3.06. The maximum atomic E-state index is 5.53. The molecule has 2 rings (SSSR count). The lowest BCUT2D eigenvalue weighted by Crippen LogP contribution is -2.32. The van der Waals surface area contributed by atoms with Gasteiger partial charge < -0.3 is 15.1 Å². The number of nitrogens with zero attached hydrogens (tertiary/aromatic N) is 1. The van der Waals surface area contributed by atoms with Crippen LogP contribution in [0.2, 0.25) is 0 Å². The molecule has 4 heteroatoms. The van der Waals surface area contributed by atoms with Crippen molar-refractivity contribution in [2.24, 2.45) is 0 Å². The Morgan fingerprint density at radius 3 is 3.12 bits per heavy atom. The van der Waals surface area contributed by atoms with Gasteiger partial charge in [-0.1, -0.05) is 0 Å². The van der Waals surface area contributed by atoms with E-state index in [9.17, 15) is 0 Å². The lowest BCUT2D eigenvalue weighted by molar-refractivity contribution is 0.354. The molecule has 1 saturated heterocycles. The van der Waals surface area contributed by atoms with E-state index in [0.717, 1.165) is 24.7 Å². The number of hydrogen-bond acceptors (Lipinski definition) is 4. The minimum absolute atomic E-state index is 0.205. The molecule has 1 aromatic rings. The molecule has 2 N–H and O–H groups in total. The molecule has 1 aromatic heterocycles. The molecule has 0 radical (unpaired) electrons. The van der Waals surface area contributed by atoms with Crippen molar-refractivity contribution in [1.82, 2.24) is 15.6 Å². The van der Waals surface area contributed by atoms with Crippen molar-refractivity contribution in [3.05, 3.63) is 17.8 Å². The van der Waals surface area contributed by atoms with Crippen LogP contribution in [-0.4, -0.2) is 24.1 Å². The van der Waals surface area contributed by atoms with Crippen LogP contribution in [0.5, 0.6) is 0 Å². The smallest absolute Gasteiger partial charge is 0.211 e. The molecule has 0 aromatic carbocycles. The van der Waals surface area contributed by atoms with Crippen molar-refractivity contribution in [1.29, 1.82) is 0 Å². The number of aromatic nitrogens is 1. The molecule has 2 atom stereocenters. The van der Waals surface area contributed by atoms with Gasteiger partial charge in [0.1, 0.15) is 5.76 Å². The predicted octanol–water partition coefficient (Wildman–Crippen LogP) is 1.78. The molecule has 90 valence electrons. The van der Waals surface area contributed by atoms with Crippen LogP contribution in [0.1, 0.15) is 43.9 Å². The Balaban J connectivity index is 1.88. The first-order chi connectivity index (χ1) is 7.75. The maximum absolute atomic E-state index is 5.53. The van der Waals surface area contributed by atoms with E-state index >= 15 is 0 Å². The zero-order chi connectivity index (χ0) is 11.4. The summed E-state index contributed by atoms with van der Waals surface area (Å²) < 4.78 is 5.53. The first kappa shape index (κ1) is 11.6. The number of oxazole rings is 1. The Kier molecular flexibility index (Phi) is 3.96. The summed E-state index contributed by atoms with van der Waals surface area (Å²) in [6.07, 6.45) is 5.44. The minimum atomic E-state index is 0.205. The molecule has 0 amide bonds. The molecule has 0 saturated carbocycles. The molecule has 0 aliphatic carbocycles. The van der Waals surface area contributed by atoms with E-state index in [4.69, 9.17) is 4.42 Å². The standard InChI is InChI=1S/C12H21N3O/c1-9-8-14-12(16-9)10(2)15-11-4-3-6-13-7-5-11/h8,10-11,13,15H,3-7H2,1-2H3. The van der Waals surface area contributed by atoms with E-state index in [1.165, 1.54) is 19.3 Å². The molecule has 2 heterocycles. The molecule has 0 spiro atoms. The van der Waals surface area contributed by atoms with Gasteiger partial charge in [-0.2, -0.15) is 0 Å². The molecule has 1 aliphatic heterocycles. The summed E-state index contributed by atoms with van der Waals surface area (Å²) >= 11 is 0. The van der Waals surface area contributed by atoms with Crippen molar-refractivity contribution < 1.29 is 4.42 Å². The fraction of sp³-hybridized carbons (Fsp3) is 0.750. The van der Waals surface area contributed by atoms with Gasteiger partial charge in [0.15, 0.2) is 0 Å². The quantitative estimate of drug-likeness (QED) is 0.820. The van der Waals surface area contributed by atoms with Crippen molar-refractivity contribution in [3.8, 4) is 0 Å². The largest absolute Gasteiger partial charge is 0.444 e. The van der Waals surface area contributed by atoms with Crippen LogP contribution in [0.4, 0.5) is 0 Å². The monoisotopic (exact) mass is 223 g/mol. The molecular weight excluding hydrogens is 202 g/mol. The second kappa shape index (κ2) is 5.46. The summed E-state index contributed by atoms with van der Waals surface area (Å²) in [5.41, 5.74) is 0. The van der Waals surface area contributed by atoms with Crippen LogP contribution in [0.3, 0.4) is 0 Å². The Morgan fingerprint density at radius 1 is 1.50 bits per heavy atom. The lowest BCUT2D eigenvalue weighted by atomic mass is 10.1. The normalized spacial score (nSPS) is 24.0. The summed E-state index contributed by atoms with van der Waals surface area (Å²) in [6.45, 7) is 6.29. The van der Waals surface area contributed by atoms with Crippen LogP contribution in [0.15, 0.2) is 10.6 Å². The Morgan fingerprint density at radius 2 is 2.38 bits per heavy atom. The average molecular weight is 223 g/mol. The van der Waals surface area contributed by atoms with Gasteiger partial charge in [-0.15, -0.1) is 0 Å².